The van der Waals surface area contributed by atoms with Crippen molar-refractivity contribution in [2.45, 2.75) is 39.5 Å². The summed E-state index contributed by atoms with van der Waals surface area (Å²) in [5.41, 5.74) is 4.79. The van der Waals surface area contributed by atoms with E-state index in [-0.39, 0.29) is 5.91 Å². The zero-order valence-electron chi connectivity index (χ0n) is 17.7. The van der Waals surface area contributed by atoms with E-state index < -0.39 is 16.1 Å². The van der Waals surface area contributed by atoms with Crippen LogP contribution < -0.4 is 9.62 Å². The Kier molecular flexibility index (Phi) is 8.16. The summed E-state index contributed by atoms with van der Waals surface area (Å²) < 4.78 is 26.1. The first-order valence-electron chi connectivity index (χ1n) is 9.57. The highest BCUT2D eigenvalue weighted by atomic mass is 32.2. The summed E-state index contributed by atoms with van der Waals surface area (Å²) >= 11 is 1.73. The topological polar surface area (TPSA) is 66.5 Å². The molecule has 0 bridgehead atoms. The van der Waals surface area contributed by atoms with Gasteiger partial charge in [0.25, 0.3) is 0 Å². The lowest BCUT2D eigenvalue weighted by atomic mass is 10.1. The molecular formula is C22H30N2O3S2. The van der Waals surface area contributed by atoms with Gasteiger partial charge in [-0.25, -0.2) is 8.42 Å². The first-order valence-corrected chi connectivity index (χ1v) is 12.6. The van der Waals surface area contributed by atoms with Gasteiger partial charge in [-0.3, -0.25) is 9.10 Å². The summed E-state index contributed by atoms with van der Waals surface area (Å²) in [5.74, 6) is 1.34. The third-order valence-corrected chi connectivity index (χ3v) is 6.88. The summed E-state index contributed by atoms with van der Waals surface area (Å²) in [5, 5.41) is 2.87. The van der Waals surface area contributed by atoms with E-state index in [0.29, 0.717) is 12.2 Å². The van der Waals surface area contributed by atoms with Gasteiger partial charge in [0, 0.05) is 18.1 Å². The second kappa shape index (κ2) is 10.2. The highest BCUT2D eigenvalue weighted by molar-refractivity contribution is 7.98. The van der Waals surface area contributed by atoms with Crippen molar-refractivity contribution >= 4 is 33.4 Å². The molecule has 0 aliphatic rings. The molecule has 0 heterocycles. The summed E-state index contributed by atoms with van der Waals surface area (Å²) in [6.07, 6.45) is 1.13. The first kappa shape index (κ1) is 23.3. The van der Waals surface area contributed by atoms with E-state index >= 15 is 0 Å². The van der Waals surface area contributed by atoms with E-state index in [1.165, 1.54) is 15.4 Å². The number of amides is 1. The number of hydrogen-bond donors (Lipinski definition) is 1. The lowest BCUT2D eigenvalue weighted by Gasteiger charge is -2.29. The number of sulfonamides is 1. The highest BCUT2D eigenvalue weighted by Crippen LogP contribution is 2.26. The number of rotatable bonds is 9. The minimum Gasteiger partial charge on any atom is -0.353 e. The number of nitrogens with zero attached hydrogens (tertiary/aromatic N) is 1. The minimum absolute atomic E-state index is 0.299. The van der Waals surface area contributed by atoms with Gasteiger partial charge in [0.15, 0.2) is 0 Å². The fourth-order valence-electron chi connectivity index (χ4n) is 3.01. The number of aryl methyl sites for hydroxylation is 3. The van der Waals surface area contributed by atoms with Crippen molar-refractivity contribution in [2.75, 3.05) is 22.9 Å². The summed E-state index contributed by atoms with van der Waals surface area (Å²) in [6.45, 7) is 7.92. The normalized spacial score (nSPS) is 12.4. The SMILES string of the molecule is Cc1ccc(CSCCNC(=O)[C@@H](C)N(c2cc(C)ccc2C)S(C)(=O)=O)cc1. The van der Waals surface area contributed by atoms with E-state index in [4.69, 9.17) is 0 Å². The number of anilines is 1. The predicted octanol–water partition coefficient (Wildman–Crippen LogP) is 3.82. The van der Waals surface area contributed by atoms with E-state index in [0.717, 1.165) is 28.9 Å². The van der Waals surface area contributed by atoms with Gasteiger partial charge >= 0.3 is 0 Å². The lowest BCUT2D eigenvalue weighted by molar-refractivity contribution is -0.121. The van der Waals surface area contributed by atoms with Crippen LogP contribution in [0.1, 0.15) is 29.2 Å². The molecule has 0 spiro atoms. The average molecular weight is 435 g/mol. The van der Waals surface area contributed by atoms with Gasteiger partial charge in [-0.1, -0.05) is 42.0 Å². The van der Waals surface area contributed by atoms with Crippen LogP contribution in [0.4, 0.5) is 5.69 Å². The van der Waals surface area contributed by atoms with Crippen LogP contribution in [0.5, 0.6) is 0 Å². The first-order chi connectivity index (χ1) is 13.6. The van der Waals surface area contributed by atoms with Crippen molar-refractivity contribution in [3.05, 3.63) is 64.7 Å². The average Bonchev–Trinajstić information content (AvgIpc) is 2.64. The monoisotopic (exact) mass is 434 g/mol. The number of nitrogens with one attached hydrogen (secondary N) is 1. The van der Waals surface area contributed by atoms with Gasteiger partial charge in [-0.15, -0.1) is 0 Å². The van der Waals surface area contributed by atoms with Gasteiger partial charge in [-0.05, 0) is 50.5 Å². The van der Waals surface area contributed by atoms with Crippen LogP contribution in [0.2, 0.25) is 0 Å². The fourth-order valence-corrected chi connectivity index (χ4v) is 5.05. The lowest BCUT2D eigenvalue weighted by Crippen LogP contribution is -2.48. The van der Waals surface area contributed by atoms with Gasteiger partial charge in [0.05, 0.1) is 11.9 Å². The third kappa shape index (κ3) is 6.78. The van der Waals surface area contributed by atoms with Gasteiger partial charge in [0.2, 0.25) is 15.9 Å². The molecule has 2 rings (SSSR count). The number of thioether (sulfide) groups is 1. The molecule has 29 heavy (non-hydrogen) atoms. The van der Waals surface area contributed by atoms with Crippen molar-refractivity contribution < 1.29 is 13.2 Å². The Labute approximate surface area is 178 Å². The molecule has 0 aliphatic heterocycles. The molecule has 0 aromatic heterocycles. The second-order valence-corrected chi connectivity index (χ2v) is 10.3. The van der Waals surface area contributed by atoms with Crippen molar-refractivity contribution in [3.8, 4) is 0 Å². The zero-order valence-corrected chi connectivity index (χ0v) is 19.4. The van der Waals surface area contributed by atoms with Crippen molar-refractivity contribution in [2.24, 2.45) is 0 Å². The highest BCUT2D eigenvalue weighted by Gasteiger charge is 2.29. The molecule has 2 aromatic rings. The van der Waals surface area contributed by atoms with E-state index in [1.807, 2.05) is 26.0 Å². The van der Waals surface area contributed by atoms with E-state index in [2.05, 4.69) is 36.5 Å². The molecule has 0 unspecified atom stereocenters. The van der Waals surface area contributed by atoms with Crippen LogP contribution >= 0.6 is 11.8 Å². The van der Waals surface area contributed by atoms with Crippen molar-refractivity contribution in [1.29, 1.82) is 0 Å². The Hall–Kier alpha value is -1.99. The largest absolute Gasteiger partial charge is 0.353 e. The molecule has 0 saturated heterocycles. The third-order valence-electron chi connectivity index (χ3n) is 4.63. The molecular weight excluding hydrogens is 404 g/mol. The Morgan fingerprint density at radius 1 is 1.07 bits per heavy atom. The maximum absolute atomic E-state index is 12.6. The quantitative estimate of drug-likeness (QED) is 0.610. The fraction of sp³-hybridized carbons (Fsp3) is 0.409. The van der Waals surface area contributed by atoms with Crippen LogP contribution in [0, 0.1) is 20.8 Å². The number of benzene rings is 2. The molecule has 158 valence electrons. The van der Waals surface area contributed by atoms with Crippen molar-refractivity contribution in [1.82, 2.24) is 5.32 Å². The Morgan fingerprint density at radius 2 is 1.69 bits per heavy atom. The van der Waals surface area contributed by atoms with Crippen LogP contribution in [-0.2, 0) is 20.6 Å². The molecule has 5 nitrogen and oxygen atoms in total. The molecule has 7 heteroatoms. The maximum Gasteiger partial charge on any atom is 0.243 e. The summed E-state index contributed by atoms with van der Waals surface area (Å²) in [7, 11) is -3.61. The molecule has 0 saturated carbocycles. The molecule has 0 radical (unpaired) electrons. The number of hydrogen-bond acceptors (Lipinski definition) is 4. The molecule has 0 fully saturated rings. The van der Waals surface area contributed by atoms with Crippen LogP contribution in [0.3, 0.4) is 0 Å². The van der Waals surface area contributed by atoms with Gasteiger partial charge in [0.1, 0.15) is 6.04 Å². The van der Waals surface area contributed by atoms with Gasteiger partial charge in [-0.2, -0.15) is 11.8 Å². The molecule has 2 aromatic carbocycles. The Bertz CT molecular complexity index is 941. The molecule has 1 atom stereocenters. The molecule has 1 amide bonds. The molecule has 1 N–H and O–H groups in total. The zero-order chi connectivity index (χ0) is 21.6. The van der Waals surface area contributed by atoms with Crippen molar-refractivity contribution in [3.63, 3.8) is 0 Å². The summed E-state index contributed by atoms with van der Waals surface area (Å²) in [6, 6.07) is 13.2. The van der Waals surface area contributed by atoms with Crippen LogP contribution in [-0.4, -0.2) is 38.9 Å². The minimum atomic E-state index is -3.61. The van der Waals surface area contributed by atoms with E-state index in [1.54, 1.807) is 24.8 Å². The van der Waals surface area contributed by atoms with Crippen LogP contribution in [0.25, 0.3) is 0 Å². The van der Waals surface area contributed by atoms with Crippen LogP contribution in [0.15, 0.2) is 42.5 Å². The Morgan fingerprint density at radius 3 is 2.31 bits per heavy atom. The Balaban J connectivity index is 1.95. The maximum atomic E-state index is 12.6. The number of carbonyl (C=O) groups is 1. The molecule has 0 aliphatic carbocycles. The van der Waals surface area contributed by atoms with E-state index in [9.17, 15) is 13.2 Å². The summed E-state index contributed by atoms with van der Waals surface area (Å²) in [4.78, 5) is 12.6. The number of carbonyl (C=O) groups excluding carboxylic acids is 1. The standard InChI is InChI=1S/C22H30N2O3S2/c1-16-7-10-20(11-8-16)15-28-13-12-23-22(25)19(4)24(29(5,26)27)21-14-17(2)6-9-18(21)3/h6-11,14,19H,12-13,15H2,1-5H3,(H,23,25)/t19-/m1/s1. The van der Waals surface area contributed by atoms with Gasteiger partial charge < -0.3 is 5.32 Å². The second-order valence-electron chi connectivity index (χ2n) is 7.35. The predicted molar refractivity (Wildman–Crippen MR) is 123 cm³/mol. The smallest absolute Gasteiger partial charge is 0.243 e.